The van der Waals surface area contributed by atoms with Crippen LogP contribution in [0.15, 0.2) is 73.1 Å². The molecule has 1 atom stereocenters. The number of fused-ring (bicyclic) bond motifs is 1. The number of hydrogen-bond donors (Lipinski definition) is 0. The van der Waals surface area contributed by atoms with Gasteiger partial charge in [-0.2, -0.15) is 5.10 Å². The average molecular weight is 384 g/mol. The minimum atomic E-state index is 0.0591. The normalized spacial score (nSPS) is 17.0. The Hall–Kier alpha value is -3.34. The van der Waals surface area contributed by atoms with Crippen molar-refractivity contribution in [3.8, 4) is 16.9 Å². The van der Waals surface area contributed by atoms with Crippen molar-refractivity contribution in [3.63, 3.8) is 0 Å². The number of nitrogens with zero attached hydrogens (tertiary/aromatic N) is 4. The lowest BCUT2D eigenvalue weighted by Crippen LogP contribution is -2.42. The summed E-state index contributed by atoms with van der Waals surface area (Å²) in [7, 11) is 0. The lowest BCUT2D eigenvalue weighted by Gasteiger charge is -2.33. The Kier molecular flexibility index (Phi) is 4.43. The summed E-state index contributed by atoms with van der Waals surface area (Å²) in [5.41, 5.74) is 3.97. The second kappa shape index (κ2) is 7.24. The van der Waals surface area contributed by atoms with E-state index < -0.39 is 0 Å². The van der Waals surface area contributed by atoms with Gasteiger partial charge in [0.05, 0.1) is 6.20 Å². The Morgan fingerprint density at radius 2 is 1.79 bits per heavy atom. The van der Waals surface area contributed by atoms with Gasteiger partial charge in [-0.25, -0.2) is 4.68 Å². The first kappa shape index (κ1) is 17.7. The highest BCUT2D eigenvalue weighted by atomic mass is 16.2. The molecule has 146 valence electrons. The Bertz CT molecular complexity index is 1160. The molecule has 1 aliphatic heterocycles. The van der Waals surface area contributed by atoms with Crippen molar-refractivity contribution in [2.45, 2.75) is 32.2 Å². The summed E-state index contributed by atoms with van der Waals surface area (Å²) in [5, 5.41) is 4.50. The SMILES string of the molecule is C[C@@H]1CCCCN1C(=O)c1ccnn1-c1ccc2ccc(-c3ccccc3)cn12. The van der Waals surface area contributed by atoms with Crippen molar-refractivity contribution in [1.82, 2.24) is 19.1 Å². The lowest BCUT2D eigenvalue weighted by atomic mass is 10.0. The molecule has 0 radical (unpaired) electrons. The molecule has 4 aromatic rings. The Morgan fingerprint density at radius 3 is 2.62 bits per heavy atom. The van der Waals surface area contributed by atoms with E-state index >= 15 is 0 Å². The largest absolute Gasteiger partial charge is 0.335 e. The van der Waals surface area contributed by atoms with E-state index in [1.54, 1.807) is 10.9 Å². The van der Waals surface area contributed by atoms with Crippen LogP contribution in [0, 0.1) is 0 Å². The predicted octanol–water partition coefficient (Wildman–Crippen LogP) is 4.81. The van der Waals surface area contributed by atoms with Crippen molar-refractivity contribution in [2.75, 3.05) is 6.54 Å². The number of carbonyl (C=O) groups is 1. The first-order valence-electron chi connectivity index (χ1n) is 10.2. The fourth-order valence-corrected chi connectivity index (χ4v) is 4.26. The van der Waals surface area contributed by atoms with E-state index in [1.165, 1.54) is 6.42 Å². The number of likely N-dealkylation sites (tertiary alicyclic amines) is 1. The molecule has 5 heteroatoms. The summed E-state index contributed by atoms with van der Waals surface area (Å²) in [6, 6.07) is 20.7. The smallest absolute Gasteiger partial charge is 0.272 e. The molecule has 1 amide bonds. The van der Waals surface area contributed by atoms with Crippen LogP contribution in [0.3, 0.4) is 0 Å². The van der Waals surface area contributed by atoms with Crippen molar-refractivity contribution in [3.05, 3.63) is 78.8 Å². The number of carbonyl (C=O) groups excluding carboxylic acids is 1. The molecule has 3 aromatic heterocycles. The van der Waals surface area contributed by atoms with Crippen molar-refractivity contribution >= 4 is 11.4 Å². The molecular formula is C24H24N4O. The van der Waals surface area contributed by atoms with Crippen LogP contribution in [0.25, 0.3) is 22.5 Å². The van der Waals surface area contributed by atoms with Gasteiger partial charge in [0.25, 0.3) is 5.91 Å². The van der Waals surface area contributed by atoms with Crippen LogP contribution in [-0.2, 0) is 0 Å². The summed E-state index contributed by atoms with van der Waals surface area (Å²) in [5.74, 6) is 0.930. The van der Waals surface area contributed by atoms with Gasteiger partial charge in [-0.3, -0.25) is 4.79 Å². The average Bonchev–Trinajstić information content (AvgIpc) is 3.40. The van der Waals surface area contributed by atoms with E-state index in [9.17, 15) is 4.79 Å². The Balaban J connectivity index is 1.57. The van der Waals surface area contributed by atoms with E-state index in [-0.39, 0.29) is 11.9 Å². The van der Waals surface area contributed by atoms with Gasteiger partial charge in [0.2, 0.25) is 0 Å². The highest BCUT2D eigenvalue weighted by Gasteiger charge is 2.27. The van der Waals surface area contributed by atoms with Crippen LogP contribution in [0.5, 0.6) is 0 Å². The molecule has 1 aliphatic rings. The van der Waals surface area contributed by atoms with Gasteiger partial charge in [-0.1, -0.05) is 36.4 Å². The molecule has 1 fully saturated rings. The zero-order valence-electron chi connectivity index (χ0n) is 16.5. The molecule has 5 rings (SSSR count). The van der Waals surface area contributed by atoms with E-state index in [1.807, 2.05) is 35.2 Å². The van der Waals surface area contributed by atoms with Gasteiger partial charge in [0, 0.05) is 24.3 Å². The van der Waals surface area contributed by atoms with Crippen LogP contribution in [0.4, 0.5) is 0 Å². The van der Waals surface area contributed by atoms with Crippen LogP contribution < -0.4 is 0 Å². The number of rotatable bonds is 3. The summed E-state index contributed by atoms with van der Waals surface area (Å²) >= 11 is 0. The topological polar surface area (TPSA) is 42.5 Å². The highest BCUT2D eigenvalue weighted by Crippen LogP contribution is 2.25. The van der Waals surface area contributed by atoms with Crippen LogP contribution in [0.1, 0.15) is 36.7 Å². The summed E-state index contributed by atoms with van der Waals surface area (Å²) < 4.78 is 3.87. The fourth-order valence-electron chi connectivity index (χ4n) is 4.26. The first-order chi connectivity index (χ1) is 14.2. The lowest BCUT2D eigenvalue weighted by molar-refractivity contribution is 0.0626. The third-order valence-electron chi connectivity index (χ3n) is 5.88. The second-order valence-corrected chi connectivity index (χ2v) is 7.74. The predicted molar refractivity (Wildman–Crippen MR) is 114 cm³/mol. The van der Waals surface area contributed by atoms with Gasteiger partial charge < -0.3 is 9.30 Å². The van der Waals surface area contributed by atoms with Crippen molar-refractivity contribution < 1.29 is 4.79 Å². The summed E-state index contributed by atoms with van der Waals surface area (Å²) in [6.07, 6.45) is 7.14. The number of amides is 1. The molecule has 0 aliphatic carbocycles. The molecule has 1 aromatic carbocycles. The maximum Gasteiger partial charge on any atom is 0.272 e. The minimum absolute atomic E-state index is 0.0591. The standard InChI is InChI=1S/C24H24N4O/c1-18-7-5-6-16-26(18)24(29)22-14-15-25-28(22)23-13-12-21-11-10-20(17-27(21)23)19-8-3-2-4-9-19/h2-4,8-15,17-18H,5-7,16H2,1H3/t18-/m1/s1. The summed E-state index contributed by atoms with van der Waals surface area (Å²) in [6.45, 7) is 2.95. The van der Waals surface area contributed by atoms with Crippen molar-refractivity contribution in [2.24, 2.45) is 0 Å². The fraction of sp³-hybridized carbons (Fsp3) is 0.250. The summed E-state index contributed by atoms with van der Waals surface area (Å²) in [4.78, 5) is 15.3. The van der Waals surface area contributed by atoms with E-state index in [0.717, 1.165) is 41.8 Å². The minimum Gasteiger partial charge on any atom is -0.335 e. The molecule has 0 saturated carbocycles. The van der Waals surface area contributed by atoms with E-state index in [0.29, 0.717) is 5.69 Å². The number of pyridine rings is 1. The van der Waals surface area contributed by atoms with E-state index in [2.05, 4.69) is 53.0 Å². The Morgan fingerprint density at radius 1 is 0.966 bits per heavy atom. The van der Waals surface area contributed by atoms with E-state index in [4.69, 9.17) is 0 Å². The number of aromatic nitrogens is 3. The van der Waals surface area contributed by atoms with Gasteiger partial charge >= 0.3 is 0 Å². The molecule has 0 unspecified atom stereocenters. The molecule has 0 N–H and O–H groups in total. The highest BCUT2D eigenvalue weighted by molar-refractivity contribution is 5.93. The molecular weight excluding hydrogens is 360 g/mol. The van der Waals surface area contributed by atoms with Gasteiger partial charge in [-0.05, 0) is 61.6 Å². The molecule has 4 heterocycles. The van der Waals surface area contributed by atoms with Crippen LogP contribution in [0.2, 0.25) is 0 Å². The van der Waals surface area contributed by atoms with Crippen LogP contribution in [-0.4, -0.2) is 37.6 Å². The first-order valence-corrected chi connectivity index (χ1v) is 10.2. The number of hydrogen-bond acceptors (Lipinski definition) is 2. The third kappa shape index (κ3) is 3.12. The third-order valence-corrected chi connectivity index (χ3v) is 5.88. The number of piperidine rings is 1. The van der Waals surface area contributed by atoms with Gasteiger partial charge in [-0.15, -0.1) is 0 Å². The number of benzene rings is 1. The molecule has 0 bridgehead atoms. The van der Waals surface area contributed by atoms with Crippen molar-refractivity contribution in [1.29, 1.82) is 0 Å². The molecule has 29 heavy (non-hydrogen) atoms. The maximum atomic E-state index is 13.3. The van der Waals surface area contributed by atoms with Gasteiger partial charge in [0.15, 0.2) is 0 Å². The molecule has 0 spiro atoms. The van der Waals surface area contributed by atoms with Crippen LogP contribution >= 0.6 is 0 Å². The van der Waals surface area contributed by atoms with Gasteiger partial charge in [0.1, 0.15) is 11.5 Å². The zero-order chi connectivity index (χ0) is 19.8. The molecule has 1 saturated heterocycles. The zero-order valence-corrected chi connectivity index (χ0v) is 16.5. The Labute approximate surface area is 170 Å². The second-order valence-electron chi connectivity index (χ2n) is 7.74. The maximum absolute atomic E-state index is 13.3. The monoisotopic (exact) mass is 384 g/mol. The molecule has 5 nitrogen and oxygen atoms in total. The quantitative estimate of drug-likeness (QED) is 0.509.